The zero-order chi connectivity index (χ0) is 21.3. The summed E-state index contributed by atoms with van der Waals surface area (Å²) in [5, 5.41) is 4.47. The lowest BCUT2D eigenvalue weighted by atomic mass is 9.98. The zero-order valence-corrected chi connectivity index (χ0v) is 19.1. The normalized spacial score (nSPS) is 17.4. The van der Waals surface area contributed by atoms with Gasteiger partial charge in [-0.3, -0.25) is 0 Å². The van der Waals surface area contributed by atoms with Gasteiger partial charge in [0.2, 0.25) is 0 Å². The number of benzene rings is 4. The van der Waals surface area contributed by atoms with Crippen molar-refractivity contribution in [1.29, 1.82) is 0 Å². The van der Waals surface area contributed by atoms with Gasteiger partial charge in [0.05, 0.1) is 6.16 Å². The molecule has 0 N–H and O–H groups in total. The molecule has 0 amide bonds. The van der Waals surface area contributed by atoms with Crippen LogP contribution in [0.25, 0.3) is 5.31 Å². The summed E-state index contributed by atoms with van der Waals surface area (Å²) in [6, 6.07) is 40.7. The van der Waals surface area contributed by atoms with Crippen molar-refractivity contribution in [1.82, 2.24) is 0 Å². The van der Waals surface area contributed by atoms with E-state index in [1.807, 2.05) is 0 Å². The summed E-state index contributed by atoms with van der Waals surface area (Å²) in [5.41, 5.74) is 5.41. The zero-order valence-electron chi connectivity index (χ0n) is 18.2. The Morgan fingerprint density at radius 1 is 0.581 bits per heavy atom. The molecule has 0 bridgehead atoms. The van der Waals surface area contributed by atoms with Gasteiger partial charge in [0.15, 0.2) is 0 Å². The molecule has 1 atom stereocenters. The summed E-state index contributed by atoms with van der Waals surface area (Å²) >= 11 is 0. The van der Waals surface area contributed by atoms with E-state index in [2.05, 4.69) is 129 Å². The van der Waals surface area contributed by atoms with Crippen molar-refractivity contribution in [3.63, 3.8) is 0 Å². The Morgan fingerprint density at radius 2 is 1.06 bits per heavy atom. The lowest BCUT2D eigenvalue weighted by Crippen LogP contribution is -2.24. The Kier molecular flexibility index (Phi) is 5.34. The Bertz CT molecular complexity index is 1150. The largest absolute Gasteiger partial charge is 0.113 e. The minimum Gasteiger partial charge on any atom is -0.0620 e. The predicted octanol–water partition coefficient (Wildman–Crippen LogP) is 7.11. The highest BCUT2D eigenvalue weighted by atomic mass is 31.2. The first-order chi connectivity index (χ1) is 15.2. The van der Waals surface area contributed by atoms with Crippen molar-refractivity contribution in [2.75, 3.05) is 6.16 Å². The van der Waals surface area contributed by atoms with Crippen LogP contribution >= 0.6 is 7.26 Å². The molecule has 4 aromatic rings. The molecule has 0 fully saturated rings. The highest BCUT2D eigenvalue weighted by molar-refractivity contribution is 7.98. The highest BCUT2D eigenvalue weighted by Gasteiger charge is 2.53. The molecular formula is C30H28P+. The van der Waals surface area contributed by atoms with Crippen LogP contribution in [-0.2, 0) is 0 Å². The van der Waals surface area contributed by atoms with Crippen LogP contribution in [0.1, 0.15) is 28.2 Å². The van der Waals surface area contributed by atoms with E-state index in [1.54, 1.807) is 0 Å². The van der Waals surface area contributed by atoms with Crippen molar-refractivity contribution >= 4 is 23.2 Å². The average Bonchev–Trinajstić information content (AvgIpc) is 3.23. The van der Waals surface area contributed by atoms with Crippen LogP contribution in [0.3, 0.4) is 0 Å². The molecule has 1 heterocycles. The third-order valence-corrected chi connectivity index (χ3v) is 11.0. The molecule has 31 heavy (non-hydrogen) atoms. The molecule has 1 unspecified atom stereocenters. The maximum atomic E-state index is 2.57. The SMILES string of the molecule is Cc1ccc(C2=CC(c3ccc(C)cc3)C[P+]2(c2ccccc2)c2ccccc2)cc1. The van der Waals surface area contributed by atoms with Gasteiger partial charge < -0.3 is 0 Å². The average molecular weight is 420 g/mol. The maximum Gasteiger partial charge on any atom is 0.113 e. The lowest BCUT2D eigenvalue weighted by Gasteiger charge is -2.26. The Morgan fingerprint density at radius 3 is 1.58 bits per heavy atom. The molecule has 0 saturated carbocycles. The van der Waals surface area contributed by atoms with Gasteiger partial charge in [-0.15, -0.1) is 0 Å². The Hall–Kier alpha value is -2.95. The molecule has 0 aliphatic carbocycles. The fourth-order valence-corrected chi connectivity index (χ4v) is 9.59. The van der Waals surface area contributed by atoms with Crippen LogP contribution in [0.15, 0.2) is 115 Å². The maximum absolute atomic E-state index is 2.57. The first-order valence-electron chi connectivity index (χ1n) is 11.0. The van der Waals surface area contributed by atoms with Crippen molar-refractivity contribution < 1.29 is 0 Å². The first-order valence-corrected chi connectivity index (χ1v) is 13.0. The smallest absolute Gasteiger partial charge is 0.0620 e. The molecule has 0 radical (unpaired) electrons. The fraction of sp³-hybridized carbons (Fsp3) is 0.133. The molecule has 4 aromatic carbocycles. The standard InChI is InChI=1S/C30H28P/c1-23-13-17-25(18-14-23)27-21-30(26-19-15-24(2)16-20-26)31(22-27,28-9-5-3-6-10-28)29-11-7-4-8-12-29/h3-21,27H,22H2,1-2H3/q+1. The molecule has 0 nitrogen and oxygen atoms in total. The van der Waals surface area contributed by atoms with E-state index in [0.717, 1.165) is 6.16 Å². The predicted molar refractivity (Wildman–Crippen MR) is 137 cm³/mol. The van der Waals surface area contributed by atoms with Crippen molar-refractivity contribution in [2.24, 2.45) is 0 Å². The minimum atomic E-state index is -1.77. The summed E-state index contributed by atoms with van der Waals surface area (Å²) < 4.78 is 0. The van der Waals surface area contributed by atoms with Crippen molar-refractivity contribution in [2.45, 2.75) is 19.8 Å². The van der Waals surface area contributed by atoms with E-state index >= 15 is 0 Å². The van der Waals surface area contributed by atoms with Crippen LogP contribution < -0.4 is 10.6 Å². The van der Waals surface area contributed by atoms with Crippen LogP contribution in [0, 0.1) is 13.8 Å². The molecule has 1 heteroatoms. The quantitative estimate of drug-likeness (QED) is 0.309. The highest BCUT2D eigenvalue weighted by Crippen LogP contribution is 2.73. The van der Waals surface area contributed by atoms with E-state index in [-0.39, 0.29) is 0 Å². The molecular weight excluding hydrogens is 391 g/mol. The van der Waals surface area contributed by atoms with E-state index in [1.165, 1.54) is 38.2 Å². The molecule has 1 aliphatic heterocycles. The summed E-state index contributed by atoms with van der Waals surface area (Å²) in [7, 11) is -1.77. The van der Waals surface area contributed by atoms with Crippen molar-refractivity contribution in [3.8, 4) is 0 Å². The molecule has 1 aliphatic rings. The molecule has 0 spiro atoms. The van der Waals surface area contributed by atoms with Gasteiger partial charge in [-0.25, -0.2) is 0 Å². The van der Waals surface area contributed by atoms with Crippen LogP contribution in [0.4, 0.5) is 0 Å². The summed E-state index contributed by atoms with van der Waals surface area (Å²) in [6.07, 6.45) is 3.72. The van der Waals surface area contributed by atoms with Gasteiger partial charge in [0, 0.05) is 11.5 Å². The van der Waals surface area contributed by atoms with Gasteiger partial charge in [0.1, 0.15) is 23.2 Å². The van der Waals surface area contributed by atoms with Gasteiger partial charge in [-0.1, -0.05) is 96.1 Å². The van der Waals surface area contributed by atoms with Crippen LogP contribution in [-0.4, -0.2) is 6.16 Å². The van der Waals surface area contributed by atoms with E-state index in [0.29, 0.717) is 5.92 Å². The topological polar surface area (TPSA) is 0 Å². The van der Waals surface area contributed by atoms with Gasteiger partial charge in [-0.2, -0.15) is 0 Å². The minimum absolute atomic E-state index is 0.422. The van der Waals surface area contributed by atoms with E-state index in [9.17, 15) is 0 Å². The van der Waals surface area contributed by atoms with E-state index < -0.39 is 7.26 Å². The van der Waals surface area contributed by atoms with Crippen molar-refractivity contribution in [3.05, 3.63) is 138 Å². The molecule has 152 valence electrons. The van der Waals surface area contributed by atoms with Gasteiger partial charge in [0.25, 0.3) is 0 Å². The molecule has 0 saturated heterocycles. The number of allylic oxidation sites excluding steroid dienone is 1. The third kappa shape index (κ3) is 3.67. The second-order valence-corrected chi connectivity index (χ2v) is 12.1. The third-order valence-electron chi connectivity index (χ3n) is 6.49. The van der Waals surface area contributed by atoms with Gasteiger partial charge >= 0.3 is 0 Å². The van der Waals surface area contributed by atoms with Crippen LogP contribution in [0.2, 0.25) is 0 Å². The fourth-order valence-electron chi connectivity index (χ4n) is 4.82. The number of rotatable bonds is 4. The van der Waals surface area contributed by atoms with E-state index in [4.69, 9.17) is 0 Å². The van der Waals surface area contributed by atoms with Gasteiger partial charge in [-0.05, 0) is 49.8 Å². The summed E-state index contributed by atoms with van der Waals surface area (Å²) in [4.78, 5) is 0. The number of aryl methyl sites for hydroxylation is 2. The molecule has 5 rings (SSSR count). The summed E-state index contributed by atoms with van der Waals surface area (Å²) in [6.45, 7) is 4.33. The summed E-state index contributed by atoms with van der Waals surface area (Å²) in [5.74, 6) is 0.422. The Labute approximate surface area is 186 Å². The second-order valence-electron chi connectivity index (χ2n) is 8.60. The lowest BCUT2D eigenvalue weighted by molar-refractivity contribution is 0.992. The number of hydrogen-bond acceptors (Lipinski definition) is 0. The first kappa shape index (κ1) is 20.0. The number of hydrogen-bond donors (Lipinski definition) is 0. The molecule has 0 aromatic heterocycles. The Balaban J connectivity index is 1.75. The monoisotopic (exact) mass is 419 g/mol. The second kappa shape index (κ2) is 8.29. The van der Waals surface area contributed by atoms with Crippen LogP contribution in [0.5, 0.6) is 0 Å².